The molecule has 1 heterocycles. The summed E-state index contributed by atoms with van der Waals surface area (Å²) in [5, 5.41) is 5.34. The van der Waals surface area contributed by atoms with Gasteiger partial charge in [0.25, 0.3) is 5.91 Å². The first-order valence-corrected chi connectivity index (χ1v) is 11.1. The first-order valence-electron chi connectivity index (χ1n) is 9.23. The molecule has 0 saturated carbocycles. The zero-order chi connectivity index (χ0) is 20.6. The minimum atomic E-state index is -3.52. The van der Waals surface area contributed by atoms with Gasteiger partial charge in [0.15, 0.2) is 0 Å². The molecule has 3 aromatic rings. The summed E-state index contributed by atoms with van der Waals surface area (Å²) < 4.78 is 28.1. The first kappa shape index (κ1) is 19.7. The molecule has 0 unspecified atom stereocenters. The molecule has 29 heavy (non-hydrogen) atoms. The van der Waals surface area contributed by atoms with Gasteiger partial charge in [-0.1, -0.05) is 29.8 Å². The number of hydrogen-bond donors (Lipinski definition) is 2. The Morgan fingerprint density at radius 3 is 2.59 bits per heavy atom. The van der Waals surface area contributed by atoms with E-state index in [-0.39, 0.29) is 5.91 Å². The van der Waals surface area contributed by atoms with Crippen LogP contribution < -0.4 is 14.3 Å². The summed E-state index contributed by atoms with van der Waals surface area (Å²) in [5.41, 5.74) is 2.67. The van der Waals surface area contributed by atoms with Crippen molar-refractivity contribution in [2.24, 2.45) is 0 Å². The van der Waals surface area contributed by atoms with Crippen LogP contribution in [0.15, 0.2) is 54.6 Å². The highest BCUT2D eigenvalue weighted by Crippen LogP contribution is 2.32. The summed E-state index contributed by atoms with van der Waals surface area (Å²) in [7, 11) is -3.52. The van der Waals surface area contributed by atoms with Crippen molar-refractivity contribution in [1.29, 1.82) is 0 Å². The van der Waals surface area contributed by atoms with Crippen LogP contribution in [0.4, 0.5) is 11.4 Å². The van der Waals surface area contributed by atoms with Crippen LogP contribution in [0.5, 0.6) is 0 Å². The van der Waals surface area contributed by atoms with Gasteiger partial charge in [-0.05, 0) is 55.3 Å². The largest absolute Gasteiger partial charge is 0.321 e. The van der Waals surface area contributed by atoms with E-state index >= 15 is 0 Å². The lowest BCUT2D eigenvalue weighted by Gasteiger charge is -2.28. The van der Waals surface area contributed by atoms with Gasteiger partial charge in [-0.15, -0.1) is 0 Å². The van der Waals surface area contributed by atoms with Gasteiger partial charge in [0.2, 0.25) is 0 Å². The maximum atomic E-state index is 12.8. The highest BCUT2D eigenvalue weighted by molar-refractivity contribution is 7.90. The van der Waals surface area contributed by atoms with Gasteiger partial charge in [0, 0.05) is 40.1 Å². The Bertz CT molecular complexity index is 1190. The molecular formula is C21H20ClN3O3S. The van der Waals surface area contributed by atoms with Crippen molar-refractivity contribution in [3.8, 4) is 0 Å². The minimum Gasteiger partial charge on any atom is -0.321 e. The number of benzene rings is 3. The summed E-state index contributed by atoms with van der Waals surface area (Å²) in [6, 6.07) is 15.9. The average molecular weight is 430 g/mol. The SMILES string of the molecule is Cc1cccc2c(NC(=O)c3ccc(N4CCCNS4(=O)=O)cc3)ccc(Cl)c12. The molecule has 1 amide bonds. The third kappa shape index (κ3) is 3.81. The summed E-state index contributed by atoms with van der Waals surface area (Å²) in [5.74, 6) is -0.277. The van der Waals surface area contributed by atoms with E-state index < -0.39 is 10.2 Å². The molecule has 0 aliphatic carbocycles. The van der Waals surface area contributed by atoms with Crippen LogP contribution in [-0.2, 0) is 10.2 Å². The Labute approximate surface area is 174 Å². The normalized spacial score (nSPS) is 16.0. The second-order valence-electron chi connectivity index (χ2n) is 6.92. The van der Waals surface area contributed by atoms with Crippen molar-refractivity contribution >= 4 is 49.9 Å². The fraction of sp³-hybridized carbons (Fsp3) is 0.190. The number of hydrogen-bond acceptors (Lipinski definition) is 3. The third-order valence-electron chi connectivity index (χ3n) is 4.98. The number of halogens is 1. The maximum absolute atomic E-state index is 12.8. The molecular weight excluding hydrogens is 410 g/mol. The van der Waals surface area contributed by atoms with Crippen molar-refractivity contribution in [1.82, 2.24) is 4.72 Å². The van der Waals surface area contributed by atoms with E-state index in [9.17, 15) is 13.2 Å². The number of anilines is 2. The topological polar surface area (TPSA) is 78.5 Å². The summed E-state index contributed by atoms with van der Waals surface area (Å²) in [4.78, 5) is 12.8. The number of nitrogens with zero attached hydrogens (tertiary/aromatic N) is 1. The second-order valence-corrected chi connectivity index (χ2v) is 9.01. The Hall–Kier alpha value is -2.61. The van der Waals surface area contributed by atoms with Gasteiger partial charge >= 0.3 is 10.2 Å². The van der Waals surface area contributed by atoms with E-state index in [2.05, 4.69) is 10.0 Å². The van der Waals surface area contributed by atoms with Crippen LogP contribution in [0.1, 0.15) is 22.3 Å². The first-order chi connectivity index (χ1) is 13.9. The number of aryl methyl sites for hydroxylation is 1. The number of fused-ring (bicyclic) bond motifs is 1. The van der Waals surface area contributed by atoms with E-state index in [1.807, 2.05) is 25.1 Å². The molecule has 4 rings (SSSR count). The fourth-order valence-corrected chi connectivity index (χ4v) is 5.15. The zero-order valence-electron chi connectivity index (χ0n) is 15.8. The van der Waals surface area contributed by atoms with Crippen LogP contribution in [0.25, 0.3) is 10.8 Å². The van der Waals surface area contributed by atoms with E-state index in [0.717, 1.165) is 22.8 Å². The molecule has 8 heteroatoms. The highest BCUT2D eigenvalue weighted by Gasteiger charge is 2.25. The smallest absolute Gasteiger partial charge is 0.301 e. The van der Waals surface area contributed by atoms with E-state index in [1.165, 1.54) is 4.31 Å². The van der Waals surface area contributed by atoms with E-state index in [1.54, 1.807) is 36.4 Å². The van der Waals surface area contributed by atoms with Crippen molar-refractivity contribution in [2.45, 2.75) is 13.3 Å². The lowest BCUT2D eigenvalue weighted by Crippen LogP contribution is -2.47. The monoisotopic (exact) mass is 429 g/mol. The Morgan fingerprint density at radius 2 is 1.86 bits per heavy atom. The molecule has 2 N–H and O–H groups in total. The lowest BCUT2D eigenvalue weighted by molar-refractivity contribution is 0.102. The number of amides is 1. The predicted molar refractivity (Wildman–Crippen MR) is 117 cm³/mol. The molecule has 0 spiro atoms. The summed E-state index contributed by atoms with van der Waals surface area (Å²) in [6.45, 7) is 2.83. The Kier molecular flexibility index (Phi) is 5.21. The third-order valence-corrected chi connectivity index (χ3v) is 6.83. The predicted octanol–water partition coefficient (Wildman–Crippen LogP) is 4.10. The van der Waals surface area contributed by atoms with Crippen LogP contribution in [0, 0.1) is 6.92 Å². The second kappa shape index (κ2) is 7.67. The highest BCUT2D eigenvalue weighted by atomic mass is 35.5. The number of carbonyl (C=O) groups is 1. The van der Waals surface area contributed by atoms with Crippen LogP contribution in [-0.4, -0.2) is 27.4 Å². The molecule has 0 bridgehead atoms. The molecule has 0 atom stereocenters. The van der Waals surface area contributed by atoms with Crippen molar-refractivity contribution in [3.05, 3.63) is 70.7 Å². The molecule has 0 radical (unpaired) electrons. The number of carbonyl (C=O) groups excluding carboxylic acids is 1. The molecule has 150 valence electrons. The Balaban J connectivity index is 1.59. The summed E-state index contributed by atoms with van der Waals surface area (Å²) in [6.07, 6.45) is 0.727. The average Bonchev–Trinajstić information content (AvgIpc) is 2.70. The summed E-state index contributed by atoms with van der Waals surface area (Å²) >= 11 is 6.33. The standard InChI is InChI=1S/C21H20ClN3O3S/c1-14-4-2-5-17-19(11-10-18(22)20(14)17)24-21(26)15-6-8-16(9-7-15)25-13-3-12-23-29(25,27)28/h2,4-11,23H,3,12-13H2,1H3,(H,24,26). The molecule has 1 aliphatic rings. The van der Waals surface area contributed by atoms with Gasteiger partial charge < -0.3 is 5.32 Å². The quantitative estimate of drug-likeness (QED) is 0.658. The van der Waals surface area contributed by atoms with Crippen molar-refractivity contribution < 1.29 is 13.2 Å². The lowest BCUT2D eigenvalue weighted by atomic mass is 10.0. The molecule has 0 aromatic heterocycles. The molecule has 6 nitrogen and oxygen atoms in total. The van der Waals surface area contributed by atoms with Crippen LogP contribution >= 0.6 is 11.6 Å². The van der Waals surface area contributed by atoms with Crippen molar-refractivity contribution in [2.75, 3.05) is 22.7 Å². The molecule has 1 aliphatic heterocycles. The molecule has 3 aromatic carbocycles. The van der Waals surface area contributed by atoms with Gasteiger partial charge in [-0.2, -0.15) is 13.1 Å². The number of nitrogens with one attached hydrogen (secondary N) is 2. The van der Waals surface area contributed by atoms with Crippen LogP contribution in [0.2, 0.25) is 5.02 Å². The van der Waals surface area contributed by atoms with Gasteiger partial charge in [0.05, 0.1) is 5.69 Å². The van der Waals surface area contributed by atoms with Gasteiger partial charge in [-0.3, -0.25) is 9.10 Å². The maximum Gasteiger partial charge on any atom is 0.301 e. The molecule has 1 fully saturated rings. The van der Waals surface area contributed by atoms with Crippen molar-refractivity contribution in [3.63, 3.8) is 0 Å². The fourth-order valence-electron chi connectivity index (χ4n) is 3.51. The zero-order valence-corrected chi connectivity index (χ0v) is 17.3. The number of rotatable bonds is 3. The Morgan fingerprint density at radius 1 is 1.10 bits per heavy atom. The van der Waals surface area contributed by atoms with E-state index in [4.69, 9.17) is 11.6 Å². The molecule has 1 saturated heterocycles. The van der Waals surface area contributed by atoms with E-state index in [0.29, 0.717) is 35.1 Å². The van der Waals surface area contributed by atoms with Crippen LogP contribution in [0.3, 0.4) is 0 Å². The van der Waals surface area contributed by atoms with Gasteiger partial charge in [-0.25, -0.2) is 0 Å². The minimum absolute atomic E-state index is 0.277. The van der Waals surface area contributed by atoms with Gasteiger partial charge in [0.1, 0.15) is 0 Å².